The number of ether oxygens (including phenoxy) is 2. The van der Waals surface area contributed by atoms with Crippen LogP contribution in [0, 0.1) is 5.92 Å². The molecule has 1 saturated carbocycles. The van der Waals surface area contributed by atoms with Gasteiger partial charge in [-0.1, -0.05) is 25.8 Å². The summed E-state index contributed by atoms with van der Waals surface area (Å²) in [4.78, 5) is 12.0. The highest BCUT2D eigenvalue weighted by molar-refractivity contribution is 5.89. The van der Waals surface area contributed by atoms with E-state index in [0.717, 1.165) is 0 Å². The maximum atomic E-state index is 15.6. The van der Waals surface area contributed by atoms with Crippen molar-refractivity contribution in [3.63, 3.8) is 0 Å². The van der Waals surface area contributed by atoms with Crippen LogP contribution in [0.3, 0.4) is 0 Å². The average molecular weight is 544 g/mol. The summed E-state index contributed by atoms with van der Waals surface area (Å²) in [5.41, 5.74) is -14.0. The van der Waals surface area contributed by atoms with E-state index in [1.54, 1.807) is 0 Å². The predicted octanol–water partition coefficient (Wildman–Crippen LogP) is 5.84. The van der Waals surface area contributed by atoms with Gasteiger partial charge in [-0.05, 0) is 19.8 Å². The zero-order valence-electron chi connectivity index (χ0n) is 17.4. The Bertz CT molecular complexity index is 816. The molecular weight excluding hydrogens is 527 g/mol. The predicted molar refractivity (Wildman–Crippen MR) is 87.0 cm³/mol. The molecule has 1 aliphatic carbocycles. The average Bonchev–Trinajstić information content (AvgIpc) is 2.67. The molecule has 1 saturated heterocycles. The van der Waals surface area contributed by atoms with E-state index in [9.17, 15) is 49.4 Å². The number of halogens is 13. The minimum atomic E-state index is -6.94. The van der Waals surface area contributed by atoms with Crippen molar-refractivity contribution in [3.8, 4) is 0 Å². The SMILES string of the molecule is C=C(C(=O)OC1(C2CCCCC2)C(F)(F)C(C)(C(F)(F)F)OC(O)(C(F)(F)F)C1(F)F)C(F)(F)F. The Balaban J connectivity index is 3.02. The van der Waals surface area contributed by atoms with Crippen LogP contribution in [0.1, 0.15) is 39.0 Å². The van der Waals surface area contributed by atoms with E-state index in [4.69, 9.17) is 0 Å². The molecule has 2 aliphatic rings. The number of rotatable bonds is 3. The third kappa shape index (κ3) is 3.87. The second-order valence-electron chi connectivity index (χ2n) is 8.36. The lowest BCUT2D eigenvalue weighted by molar-refractivity contribution is -0.560. The quantitative estimate of drug-likeness (QED) is 0.276. The molecule has 0 aromatic rings. The molecule has 1 aliphatic heterocycles. The fourth-order valence-corrected chi connectivity index (χ4v) is 4.26. The van der Waals surface area contributed by atoms with Crippen molar-refractivity contribution in [2.75, 3.05) is 0 Å². The first kappa shape index (κ1) is 29.5. The van der Waals surface area contributed by atoms with Crippen LogP contribution >= 0.6 is 0 Å². The lowest BCUT2D eigenvalue weighted by Gasteiger charge is -2.61. The van der Waals surface area contributed by atoms with Gasteiger partial charge in [0, 0.05) is 5.92 Å². The summed E-state index contributed by atoms with van der Waals surface area (Å²) in [5, 5.41) is 9.78. The van der Waals surface area contributed by atoms with Crippen molar-refractivity contribution in [1.29, 1.82) is 0 Å². The van der Waals surface area contributed by atoms with Crippen LogP contribution in [0.25, 0.3) is 0 Å². The van der Waals surface area contributed by atoms with E-state index >= 15 is 17.6 Å². The molecule has 2 fully saturated rings. The Morgan fingerprint density at radius 3 is 1.71 bits per heavy atom. The maximum Gasteiger partial charge on any atom is 0.449 e. The number of aliphatic hydroxyl groups is 1. The first-order valence-corrected chi connectivity index (χ1v) is 9.66. The van der Waals surface area contributed by atoms with Crippen LogP contribution in [0.5, 0.6) is 0 Å². The first-order valence-electron chi connectivity index (χ1n) is 9.66. The Labute approximate surface area is 188 Å². The summed E-state index contributed by atoms with van der Waals surface area (Å²) < 4.78 is 190. The summed E-state index contributed by atoms with van der Waals surface area (Å²) in [6.07, 6.45) is -22.1. The topological polar surface area (TPSA) is 55.8 Å². The molecule has 0 aromatic carbocycles. The van der Waals surface area contributed by atoms with Gasteiger partial charge in [-0.3, -0.25) is 0 Å². The standard InChI is InChI=1S/C18H17F13O4/c1-8(13(19,20)21)10(32)34-12(9-6-4-3-5-7-9)14(22,23)11(2,17(26,27)28)35-16(33,15(12,24)25)18(29,30)31/h9,33H,1,3-7H2,2H3. The Morgan fingerprint density at radius 1 is 0.886 bits per heavy atom. The molecule has 17 heteroatoms. The van der Waals surface area contributed by atoms with Crippen molar-refractivity contribution in [2.24, 2.45) is 5.92 Å². The van der Waals surface area contributed by atoms with Crippen LogP contribution < -0.4 is 0 Å². The van der Waals surface area contributed by atoms with Crippen LogP contribution in [-0.4, -0.2) is 58.4 Å². The summed E-state index contributed by atoms with van der Waals surface area (Å²) in [6.45, 7) is 1.29. The van der Waals surface area contributed by atoms with Gasteiger partial charge in [0.1, 0.15) is 5.57 Å². The lowest BCUT2D eigenvalue weighted by Crippen LogP contribution is -2.88. The molecular formula is C18H17F13O4. The number of carbonyl (C=O) groups excluding carboxylic acids is 1. The summed E-state index contributed by atoms with van der Waals surface area (Å²) in [6, 6.07) is 0. The molecule has 0 spiro atoms. The maximum absolute atomic E-state index is 15.6. The number of alkyl halides is 13. The molecule has 1 N–H and O–H groups in total. The first-order chi connectivity index (χ1) is 15.4. The Kier molecular flexibility index (Phi) is 6.83. The third-order valence-corrected chi connectivity index (χ3v) is 6.26. The van der Waals surface area contributed by atoms with Crippen LogP contribution in [0.2, 0.25) is 0 Å². The zero-order chi connectivity index (χ0) is 27.7. The van der Waals surface area contributed by atoms with E-state index in [2.05, 4.69) is 16.1 Å². The summed E-state index contributed by atoms with van der Waals surface area (Å²) >= 11 is 0. The van der Waals surface area contributed by atoms with Gasteiger partial charge in [-0.2, -0.15) is 57.1 Å². The molecule has 0 amide bonds. The molecule has 204 valence electrons. The van der Waals surface area contributed by atoms with Gasteiger partial charge in [0.2, 0.25) is 5.60 Å². The highest BCUT2D eigenvalue weighted by atomic mass is 19.4. The third-order valence-electron chi connectivity index (χ3n) is 6.26. The lowest BCUT2D eigenvalue weighted by atomic mass is 9.62. The number of hydrogen-bond donors (Lipinski definition) is 1. The molecule has 2 rings (SSSR count). The van der Waals surface area contributed by atoms with Gasteiger partial charge in [0.15, 0.2) is 0 Å². The zero-order valence-corrected chi connectivity index (χ0v) is 17.4. The second kappa shape index (κ2) is 8.11. The van der Waals surface area contributed by atoms with E-state index in [1.807, 2.05) is 0 Å². The van der Waals surface area contributed by atoms with Crippen molar-refractivity contribution in [2.45, 2.75) is 86.4 Å². The van der Waals surface area contributed by atoms with E-state index in [1.165, 1.54) is 0 Å². The van der Waals surface area contributed by atoms with Crippen LogP contribution in [-0.2, 0) is 14.3 Å². The highest BCUT2D eigenvalue weighted by Crippen LogP contribution is 2.69. The minimum absolute atomic E-state index is 0.0729. The summed E-state index contributed by atoms with van der Waals surface area (Å²) in [7, 11) is 0. The molecule has 1 heterocycles. The van der Waals surface area contributed by atoms with E-state index in [-0.39, 0.29) is 19.3 Å². The Hall–Kier alpha value is -1.78. The van der Waals surface area contributed by atoms with Crippen LogP contribution in [0.15, 0.2) is 12.2 Å². The van der Waals surface area contributed by atoms with Crippen LogP contribution in [0.4, 0.5) is 57.1 Å². The monoisotopic (exact) mass is 544 g/mol. The van der Waals surface area contributed by atoms with Gasteiger partial charge in [-0.15, -0.1) is 0 Å². The molecule has 3 unspecified atom stereocenters. The smallest absolute Gasteiger partial charge is 0.442 e. The van der Waals surface area contributed by atoms with E-state index < -0.39 is 84.6 Å². The molecule has 0 radical (unpaired) electrons. The van der Waals surface area contributed by atoms with Gasteiger partial charge in [0.05, 0.1) is 0 Å². The number of esters is 1. The molecule has 0 bridgehead atoms. The van der Waals surface area contributed by atoms with Crippen molar-refractivity contribution in [3.05, 3.63) is 12.2 Å². The number of hydrogen-bond acceptors (Lipinski definition) is 4. The van der Waals surface area contributed by atoms with Gasteiger partial charge in [-0.25, -0.2) is 4.79 Å². The fourth-order valence-electron chi connectivity index (χ4n) is 4.26. The normalized spacial score (nSPS) is 34.4. The number of carbonyl (C=O) groups is 1. The van der Waals surface area contributed by atoms with Crippen molar-refractivity contribution in [1.82, 2.24) is 0 Å². The minimum Gasteiger partial charge on any atom is -0.442 e. The molecule has 3 atom stereocenters. The van der Waals surface area contributed by atoms with Crippen molar-refractivity contribution < 1.29 is 76.5 Å². The Morgan fingerprint density at radius 2 is 1.34 bits per heavy atom. The highest BCUT2D eigenvalue weighted by Gasteiger charge is 2.97. The van der Waals surface area contributed by atoms with Gasteiger partial charge < -0.3 is 14.6 Å². The molecule has 0 aromatic heterocycles. The fraction of sp³-hybridized carbons (Fsp3) is 0.833. The van der Waals surface area contributed by atoms with Gasteiger partial charge >= 0.3 is 42.1 Å². The van der Waals surface area contributed by atoms with Gasteiger partial charge in [0.25, 0.3) is 5.60 Å². The molecule has 4 nitrogen and oxygen atoms in total. The molecule has 35 heavy (non-hydrogen) atoms. The van der Waals surface area contributed by atoms with Crippen molar-refractivity contribution >= 4 is 5.97 Å². The van der Waals surface area contributed by atoms with E-state index in [0.29, 0.717) is 0 Å². The largest absolute Gasteiger partial charge is 0.449 e. The second-order valence-corrected chi connectivity index (χ2v) is 8.36. The summed E-state index contributed by atoms with van der Waals surface area (Å²) in [5.74, 6) is -25.4.